The Labute approximate surface area is 110 Å². The first kappa shape index (κ1) is 13.4. The van der Waals surface area contributed by atoms with Gasteiger partial charge >= 0.3 is 5.97 Å². The van der Waals surface area contributed by atoms with Crippen molar-refractivity contribution in [1.82, 2.24) is 0 Å². The molecule has 2 nitrogen and oxygen atoms in total. The highest BCUT2D eigenvalue weighted by molar-refractivity contribution is 5.74. The lowest BCUT2D eigenvalue weighted by atomic mass is 9.80. The molecule has 1 fully saturated rings. The molecule has 0 aromatic rings. The van der Waals surface area contributed by atoms with Gasteiger partial charge in [-0.15, -0.1) is 0 Å². The maximum absolute atomic E-state index is 12.0. The standard InChI is InChI=1S/C16H24O2/c1-2-6-13-9-11-14(12-10-13)16(17)18-15-7-4-3-5-8-15/h4,7-8,13-14H,2-3,5-6,9-12H2,1H3. The van der Waals surface area contributed by atoms with Crippen LogP contribution in [0, 0.1) is 11.8 Å². The first-order chi connectivity index (χ1) is 8.79. The summed E-state index contributed by atoms with van der Waals surface area (Å²) in [5.74, 6) is 1.71. The Morgan fingerprint density at radius 3 is 2.67 bits per heavy atom. The fourth-order valence-corrected chi connectivity index (χ4v) is 2.96. The monoisotopic (exact) mass is 248 g/mol. The average molecular weight is 248 g/mol. The number of carbonyl (C=O) groups is 1. The third-order valence-electron chi connectivity index (χ3n) is 4.06. The normalized spacial score (nSPS) is 27.7. The molecule has 2 aliphatic rings. The molecule has 0 aliphatic heterocycles. The smallest absolute Gasteiger partial charge is 0.314 e. The van der Waals surface area contributed by atoms with Crippen LogP contribution in [-0.2, 0) is 9.53 Å². The van der Waals surface area contributed by atoms with Crippen molar-refractivity contribution >= 4 is 5.97 Å². The van der Waals surface area contributed by atoms with Gasteiger partial charge in [-0.2, -0.15) is 0 Å². The molecule has 2 heteroatoms. The molecule has 2 aliphatic carbocycles. The van der Waals surface area contributed by atoms with Crippen LogP contribution in [0.15, 0.2) is 24.0 Å². The highest BCUT2D eigenvalue weighted by Crippen LogP contribution is 2.32. The van der Waals surface area contributed by atoms with Crippen molar-refractivity contribution in [3.05, 3.63) is 24.0 Å². The van der Waals surface area contributed by atoms with Gasteiger partial charge in [-0.3, -0.25) is 4.79 Å². The number of esters is 1. The second kappa shape index (κ2) is 6.77. The number of allylic oxidation sites excluding steroid dienone is 3. The zero-order valence-electron chi connectivity index (χ0n) is 11.4. The van der Waals surface area contributed by atoms with Crippen LogP contribution < -0.4 is 0 Å². The molecule has 18 heavy (non-hydrogen) atoms. The lowest BCUT2D eigenvalue weighted by Gasteiger charge is -2.27. The molecule has 0 aromatic carbocycles. The Morgan fingerprint density at radius 2 is 2.06 bits per heavy atom. The molecular formula is C16H24O2. The van der Waals surface area contributed by atoms with Crippen molar-refractivity contribution in [1.29, 1.82) is 0 Å². The van der Waals surface area contributed by atoms with Crippen molar-refractivity contribution in [3.8, 4) is 0 Å². The Balaban J connectivity index is 1.77. The van der Waals surface area contributed by atoms with Gasteiger partial charge in [0.2, 0.25) is 0 Å². The number of carbonyl (C=O) groups excluding carboxylic acids is 1. The highest BCUT2D eigenvalue weighted by Gasteiger charge is 2.27. The minimum Gasteiger partial charge on any atom is -0.427 e. The molecule has 0 radical (unpaired) electrons. The fraction of sp³-hybridized carbons (Fsp3) is 0.688. The second-order valence-electron chi connectivity index (χ2n) is 5.51. The van der Waals surface area contributed by atoms with E-state index < -0.39 is 0 Å². The molecule has 0 aromatic heterocycles. The highest BCUT2D eigenvalue weighted by atomic mass is 16.5. The van der Waals surface area contributed by atoms with E-state index in [0.717, 1.165) is 37.4 Å². The Bertz CT molecular complexity index is 333. The zero-order valence-corrected chi connectivity index (χ0v) is 11.4. The van der Waals surface area contributed by atoms with E-state index in [4.69, 9.17) is 4.74 Å². The largest absolute Gasteiger partial charge is 0.427 e. The van der Waals surface area contributed by atoms with Gasteiger partial charge < -0.3 is 4.74 Å². The van der Waals surface area contributed by atoms with Gasteiger partial charge in [-0.1, -0.05) is 25.8 Å². The van der Waals surface area contributed by atoms with E-state index in [1.165, 1.54) is 25.7 Å². The molecular weight excluding hydrogens is 224 g/mol. The van der Waals surface area contributed by atoms with Crippen molar-refractivity contribution in [2.45, 2.75) is 58.3 Å². The van der Waals surface area contributed by atoms with Crippen LogP contribution in [0.25, 0.3) is 0 Å². The second-order valence-corrected chi connectivity index (χ2v) is 5.51. The van der Waals surface area contributed by atoms with Crippen molar-refractivity contribution in [3.63, 3.8) is 0 Å². The van der Waals surface area contributed by atoms with E-state index in [-0.39, 0.29) is 11.9 Å². The maximum atomic E-state index is 12.0. The quantitative estimate of drug-likeness (QED) is 0.690. The van der Waals surface area contributed by atoms with Gasteiger partial charge in [0, 0.05) is 0 Å². The number of hydrogen-bond donors (Lipinski definition) is 0. The van der Waals surface area contributed by atoms with Crippen LogP contribution in [0.4, 0.5) is 0 Å². The summed E-state index contributed by atoms with van der Waals surface area (Å²) in [5.41, 5.74) is 0. The Kier molecular flexibility index (Phi) is 5.03. The predicted molar refractivity (Wildman–Crippen MR) is 72.9 cm³/mol. The van der Waals surface area contributed by atoms with Crippen molar-refractivity contribution in [2.24, 2.45) is 11.8 Å². The first-order valence-corrected chi connectivity index (χ1v) is 7.38. The number of rotatable bonds is 4. The van der Waals surface area contributed by atoms with Crippen LogP contribution in [0.3, 0.4) is 0 Å². The fourth-order valence-electron chi connectivity index (χ4n) is 2.96. The van der Waals surface area contributed by atoms with Crippen LogP contribution in [0.5, 0.6) is 0 Å². The third-order valence-corrected chi connectivity index (χ3v) is 4.06. The van der Waals surface area contributed by atoms with E-state index in [1.807, 2.05) is 12.2 Å². The van der Waals surface area contributed by atoms with E-state index in [0.29, 0.717) is 0 Å². The summed E-state index contributed by atoms with van der Waals surface area (Å²) >= 11 is 0. The van der Waals surface area contributed by atoms with Crippen molar-refractivity contribution < 1.29 is 9.53 Å². The molecule has 0 saturated heterocycles. The lowest BCUT2D eigenvalue weighted by molar-refractivity contribution is -0.145. The molecule has 0 bridgehead atoms. The minimum atomic E-state index is -0.0113. The van der Waals surface area contributed by atoms with E-state index in [9.17, 15) is 4.79 Å². The summed E-state index contributed by atoms with van der Waals surface area (Å²) in [6, 6.07) is 0. The first-order valence-electron chi connectivity index (χ1n) is 7.38. The Hall–Kier alpha value is -1.05. The van der Waals surface area contributed by atoms with E-state index in [1.54, 1.807) is 0 Å². The van der Waals surface area contributed by atoms with Crippen LogP contribution >= 0.6 is 0 Å². The van der Waals surface area contributed by atoms with Crippen molar-refractivity contribution in [2.75, 3.05) is 0 Å². The summed E-state index contributed by atoms with van der Waals surface area (Å²) in [7, 11) is 0. The number of ether oxygens (including phenoxy) is 1. The molecule has 100 valence electrons. The van der Waals surface area contributed by atoms with Gasteiger partial charge in [-0.05, 0) is 56.6 Å². The minimum absolute atomic E-state index is 0.0113. The summed E-state index contributed by atoms with van der Waals surface area (Å²) < 4.78 is 5.46. The Morgan fingerprint density at radius 1 is 1.28 bits per heavy atom. The summed E-state index contributed by atoms with van der Waals surface area (Å²) in [4.78, 5) is 12.0. The third kappa shape index (κ3) is 3.72. The zero-order chi connectivity index (χ0) is 12.8. The predicted octanol–water partition coefficient (Wildman–Crippen LogP) is 4.37. The average Bonchev–Trinajstić information content (AvgIpc) is 2.41. The van der Waals surface area contributed by atoms with E-state index >= 15 is 0 Å². The molecule has 0 amide bonds. The van der Waals surface area contributed by atoms with Crippen LogP contribution in [0.1, 0.15) is 58.3 Å². The van der Waals surface area contributed by atoms with E-state index in [2.05, 4.69) is 13.0 Å². The van der Waals surface area contributed by atoms with Gasteiger partial charge in [0.15, 0.2) is 0 Å². The van der Waals surface area contributed by atoms with Gasteiger partial charge in [-0.25, -0.2) is 0 Å². The molecule has 1 saturated carbocycles. The molecule has 0 N–H and O–H groups in total. The molecule has 0 atom stereocenters. The SMILES string of the molecule is CCCC1CCC(C(=O)OC2=CCCC=C2)CC1. The van der Waals surface area contributed by atoms with Crippen LogP contribution in [-0.4, -0.2) is 5.97 Å². The molecule has 2 rings (SSSR count). The topological polar surface area (TPSA) is 26.3 Å². The lowest BCUT2D eigenvalue weighted by Crippen LogP contribution is -2.23. The number of hydrogen-bond acceptors (Lipinski definition) is 2. The van der Waals surface area contributed by atoms with Gasteiger partial charge in [0.05, 0.1) is 5.92 Å². The summed E-state index contributed by atoms with van der Waals surface area (Å²) in [5, 5.41) is 0. The summed E-state index contributed by atoms with van der Waals surface area (Å²) in [6.45, 7) is 2.24. The maximum Gasteiger partial charge on any atom is 0.314 e. The summed E-state index contributed by atoms with van der Waals surface area (Å²) in [6.07, 6.45) is 15.1. The van der Waals surface area contributed by atoms with Gasteiger partial charge in [0.1, 0.15) is 5.76 Å². The van der Waals surface area contributed by atoms with Crippen LogP contribution in [0.2, 0.25) is 0 Å². The molecule has 0 spiro atoms. The molecule has 0 heterocycles. The van der Waals surface area contributed by atoms with Gasteiger partial charge in [0.25, 0.3) is 0 Å². The molecule has 0 unspecified atom stereocenters.